The van der Waals surface area contributed by atoms with Gasteiger partial charge in [-0.15, -0.1) is 5.10 Å². The van der Waals surface area contributed by atoms with Crippen LogP contribution >= 0.6 is 11.8 Å². The van der Waals surface area contributed by atoms with Crippen LogP contribution < -0.4 is 0 Å². The number of benzene rings is 2. The largest absolute Gasteiger partial charge is 0.477 e. The normalized spacial score (nSPS) is 11.5. The lowest BCUT2D eigenvalue weighted by molar-refractivity contribution is -0.131. The summed E-state index contributed by atoms with van der Waals surface area (Å²) in [5.74, 6) is -0.396. The summed E-state index contributed by atoms with van der Waals surface area (Å²) < 4.78 is 0. The molecule has 0 amide bonds. The van der Waals surface area contributed by atoms with Crippen molar-refractivity contribution < 1.29 is 9.90 Å². The van der Waals surface area contributed by atoms with Gasteiger partial charge in [-0.05, 0) is 30.3 Å². The van der Waals surface area contributed by atoms with Gasteiger partial charge in [0.05, 0.1) is 0 Å². The molecule has 3 rings (SSSR count). The topological polar surface area (TPSA) is 78.9 Å². The molecule has 0 bridgehead atoms. The minimum absolute atomic E-state index is 0.163. The first-order valence-corrected chi connectivity index (χ1v) is 8.11. The van der Waals surface area contributed by atoms with Crippen LogP contribution in [0.5, 0.6) is 0 Å². The zero-order valence-electron chi connectivity index (χ0n) is 12.9. The van der Waals surface area contributed by atoms with Gasteiger partial charge < -0.3 is 5.11 Å². The lowest BCUT2D eigenvalue weighted by Gasteiger charge is -1.99. The maximum atomic E-state index is 11.5. The summed E-state index contributed by atoms with van der Waals surface area (Å²) >= 11 is 1.02. The molecule has 0 spiro atoms. The third-order valence-corrected chi connectivity index (χ3v) is 4.18. The van der Waals surface area contributed by atoms with E-state index < -0.39 is 5.97 Å². The fourth-order valence-electron chi connectivity index (χ4n) is 2.07. The molecule has 3 aromatic rings. The van der Waals surface area contributed by atoms with Crippen LogP contribution in [0.1, 0.15) is 11.1 Å². The number of carboxylic acids is 1. The molecule has 1 aromatic heterocycles. The maximum Gasteiger partial charge on any atom is 0.342 e. The van der Waals surface area contributed by atoms with Gasteiger partial charge >= 0.3 is 5.97 Å². The number of hydrogen-bond acceptors (Lipinski definition) is 4. The van der Waals surface area contributed by atoms with Crippen LogP contribution in [0.2, 0.25) is 0 Å². The van der Waals surface area contributed by atoms with Gasteiger partial charge in [-0.3, -0.25) is 5.10 Å². The van der Waals surface area contributed by atoms with E-state index >= 15 is 0 Å². The van der Waals surface area contributed by atoms with E-state index in [0.29, 0.717) is 11.0 Å². The maximum absolute atomic E-state index is 11.5. The molecule has 2 N–H and O–H groups in total. The second-order valence-electron chi connectivity index (χ2n) is 5.16. The highest BCUT2D eigenvalue weighted by molar-refractivity contribution is 8.04. The van der Waals surface area contributed by atoms with Crippen LogP contribution in [0.25, 0.3) is 17.5 Å². The second-order valence-corrected chi connectivity index (χ2v) is 6.17. The number of aryl methyl sites for hydroxylation is 1. The number of hydrogen-bond donors (Lipinski definition) is 2. The van der Waals surface area contributed by atoms with Crippen molar-refractivity contribution in [2.24, 2.45) is 0 Å². The van der Waals surface area contributed by atoms with Gasteiger partial charge in [0.1, 0.15) is 4.91 Å². The van der Waals surface area contributed by atoms with Crippen molar-refractivity contribution in [2.45, 2.75) is 12.1 Å². The molecule has 0 saturated heterocycles. The minimum atomic E-state index is -1.01. The summed E-state index contributed by atoms with van der Waals surface area (Å²) in [7, 11) is 0. The zero-order valence-corrected chi connectivity index (χ0v) is 13.7. The lowest BCUT2D eigenvalue weighted by atomic mass is 10.1. The molecule has 1 heterocycles. The predicted molar refractivity (Wildman–Crippen MR) is 94.5 cm³/mol. The Bertz CT molecular complexity index is 871. The quantitative estimate of drug-likeness (QED) is 0.543. The summed E-state index contributed by atoms with van der Waals surface area (Å²) in [6.07, 6.45) is 1.61. The highest BCUT2D eigenvalue weighted by atomic mass is 32.2. The summed E-state index contributed by atoms with van der Waals surface area (Å²) in [6, 6.07) is 17.2. The third-order valence-electron chi connectivity index (χ3n) is 3.30. The third kappa shape index (κ3) is 3.91. The number of nitrogens with zero attached hydrogens (tertiary/aromatic N) is 2. The molecule has 24 heavy (non-hydrogen) atoms. The molecule has 120 valence electrons. The van der Waals surface area contributed by atoms with Gasteiger partial charge in [0.2, 0.25) is 5.16 Å². The SMILES string of the molecule is Cc1ccc(-c2nc(SC(=Cc3ccccc3)C(=O)O)n[nH]2)cc1. The molecular weight excluding hydrogens is 322 g/mol. The van der Waals surface area contributed by atoms with Crippen LogP contribution in [-0.2, 0) is 4.79 Å². The van der Waals surface area contributed by atoms with Crippen LogP contribution in [0, 0.1) is 6.92 Å². The van der Waals surface area contributed by atoms with E-state index in [1.807, 2.05) is 61.5 Å². The molecule has 0 aliphatic carbocycles. The predicted octanol–water partition coefficient (Wildman–Crippen LogP) is 4.00. The van der Waals surface area contributed by atoms with E-state index in [0.717, 1.165) is 28.5 Å². The number of rotatable bonds is 5. The number of H-pyrrole nitrogens is 1. The van der Waals surface area contributed by atoms with Crippen molar-refractivity contribution in [3.05, 3.63) is 70.6 Å². The molecule has 5 nitrogen and oxygen atoms in total. The first-order valence-electron chi connectivity index (χ1n) is 7.29. The monoisotopic (exact) mass is 337 g/mol. The average molecular weight is 337 g/mol. The summed E-state index contributed by atoms with van der Waals surface area (Å²) in [4.78, 5) is 16.0. The highest BCUT2D eigenvalue weighted by Crippen LogP contribution is 2.27. The summed E-state index contributed by atoms with van der Waals surface area (Å²) in [5.41, 5.74) is 2.88. The van der Waals surface area contributed by atoms with Crippen LogP contribution in [0.4, 0.5) is 0 Å². The van der Waals surface area contributed by atoms with Gasteiger partial charge in [0, 0.05) is 5.56 Å². The Labute approximate surface area is 143 Å². The van der Waals surface area contributed by atoms with Crippen molar-refractivity contribution in [1.82, 2.24) is 15.2 Å². The number of thioether (sulfide) groups is 1. The van der Waals surface area contributed by atoms with Crippen molar-refractivity contribution >= 4 is 23.8 Å². The molecule has 0 radical (unpaired) electrons. The van der Waals surface area contributed by atoms with Crippen LogP contribution in [-0.4, -0.2) is 26.3 Å². The standard InChI is InChI=1S/C18H15N3O2S/c1-12-7-9-14(10-8-12)16-19-18(21-20-16)24-15(17(22)23)11-13-5-3-2-4-6-13/h2-11H,1H3,(H,22,23)(H,19,20,21). The number of carboxylic acid groups (broad SMARTS) is 1. The highest BCUT2D eigenvalue weighted by Gasteiger charge is 2.14. The Kier molecular flexibility index (Phi) is 4.77. The Morgan fingerprint density at radius 2 is 1.83 bits per heavy atom. The Morgan fingerprint density at radius 1 is 1.12 bits per heavy atom. The van der Waals surface area contributed by atoms with Crippen molar-refractivity contribution in [3.63, 3.8) is 0 Å². The van der Waals surface area contributed by atoms with Crippen molar-refractivity contribution in [1.29, 1.82) is 0 Å². The van der Waals surface area contributed by atoms with E-state index in [2.05, 4.69) is 15.2 Å². The van der Waals surface area contributed by atoms with Crippen LogP contribution in [0.15, 0.2) is 64.7 Å². The van der Waals surface area contributed by atoms with Crippen molar-refractivity contribution in [2.75, 3.05) is 0 Å². The number of nitrogens with one attached hydrogen (secondary N) is 1. The molecule has 0 fully saturated rings. The molecule has 2 aromatic carbocycles. The van der Waals surface area contributed by atoms with Crippen LogP contribution in [0.3, 0.4) is 0 Å². The molecule has 0 aliphatic rings. The summed E-state index contributed by atoms with van der Waals surface area (Å²) in [6.45, 7) is 2.01. The molecule has 0 saturated carbocycles. The summed E-state index contributed by atoms with van der Waals surface area (Å²) in [5, 5.41) is 16.7. The molecule has 6 heteroatoms. The minimum Gasteiger partial charge on any atom is -0.477 e. The fraction of sp³-hybridized carbons (Fsp3) is 0.0556. The Balaban J connectivity index is 1.83. The van der Waals surface area contributed by atoms with E-state index in [1.165, 1.54) is 0 Å². The number of aromatic amines is 1. The molecule has 0 aliphatic heterocycles. The first-order chi connectivity index (χ1) is 11.6. The van der Waals surface area contributed by atoms with Gasteiger partial charge in [0.25, 0.3) is 0 Å². The van der Waals surface area contributed by atoms with E-state index in [4.69, 9.17) is 0 Å². The number of aromatic nitrogens is 3. The number of aliphatic carboxylic acids is 1. The van der Waals surface area contributed by atoms with Gasteiger partial charge in [0.15, 0.2) is 5.82 Å². The zero-order chi connectivity index (χ0) is 16.9. The fourth-order valence-corrected chi connectivity index (χ4v) is 2.77. The Morgan fingerprint density at radius 3 is 2.50 bits per heavy atom. The number of carbonyl (C=O) groups is 1. The molecule has 0 atom stereocenters. The smallest absolute Gasteiger partial charge is 0.342 e. The van der Waals surface area contributed by atoms with Crippen molar-refractivity contribution in [3.8, 4) is 11.4 Å². The average Bonchev–Trinajstić information content (AvgIpc) is 3.04. The van der Waals surface area contributed by atoms with Gasteiger partial charge in [-0.2, -0.15) is 0 Å². The lowest BCUT2D eigenvalue weighted by Crippen LogP contribution is -1.97. The Hall–Kier alpha value is -2.86. The van der Waals surface area contributed by atoms with Gasteiger partial charge in [-0.1, -0.05) is 60.2 Å². The molecular formula is C18H15N3O2S. The van der Waals surface area contributed by atoms with E-state index in [-0.39, 0.29) is 4.91 Å². The second kappa shape index (κ2) is 7.14. The first kappa shape index (κ1) is 16.0. The van der Waals surface area contributed by atoms with E-state index in [1.54, 1.807) is 6.08 Å². The van der Waals surface area contributed by atoms with E-state index in [9.17, 15) is 9.90 Å². The van der Waals surface area contributed by atoms with Gasteiger partial charge in [-0.25, -0.2) is 9.78 Å². The molecule has 0 unspecified atom stereocenters.